The first-order valence-corrected chi connectivity index (χ1v) is 11.0. The van der Waals surface area contributed by atoms with Gasteiger partial charge in [-0.3, -0.25) is 0 Å². The summed E-state index contributed by atoms with van der Waals surface area (Å²) < 4.78 is 0. The van der Waals surface area contributed by atoms with Crippen molar-refractivity contribution in [3.63, 3.8) is 0 Å². The first-order chi connectivity index (χ1) is 12.7. The zero-order valence-corrected chi connectivity index (χ0v) is 17.5. The van der Waals surface area contributed by atoms with Crippen molar-refractivity contribution in [1.29, 1.82) is 0 Å². The number of nitrogens with zero attached hydrogens (tertiary/aromatic N) is 2. The van der Waals surface area contributed by atoms with Crippen molar-refractivity contribution in [1.82, 2.24) is 15.3 Å². The third-order valence-corrected chi connectivity index (χ3v) is 5.78. The molecule has 0 aliphatic carbocycles. The van der Waals surface area contributed by atoms with Crippen LogP contribution in [0.5, 0.6) is 0 Å². The number of fused-ring (bicyclic) bond motifs is 1. The molecule has 26 heavy (non-hydrogen) atoms. The van der Waals surface area contributed by atoms with Crippen molar-refractivity contribution >= 4 is 5.82 Å². The minimum absolute atomic E-state index is 0.418. The summed E-state index contributed by atoms with van der Waals surface area (Å²) in [7, 11) is 0. The number of hydrogen-bond donors (Lipinski definition) is 2. The van der Waals surface area contributed by atoms with Crippen LogP contribution in [0.3, 0.4) is 0 Å². The zero-order chi connectivity index (χ0) is 18.8. The topological polar surface area (TPSA) is 49.8 Å². The van der Waals surface area contributed by atoms with Gasteiger partial charge in [0.2, 0.25) is 0 Å². The Morgan fingerprint density at radius 1 is 0.962 bits per heavy atom. The molecule has 1 aliphatic heterocycles. The van der Waals surface area contributed by atoms with Crippen molar-refractivity contribution in [2.45, 2.75) is 91.4 Å². The molecule has 2 heterocycles. The van der Waals surface area contributed by atoms with E-state index in [1.807, 2.05) is 0 Å². The van der Waals surface area contributed by atoms with E-state index in [1.54, 1.807) is 0 Å². The lowest BCUT2D eigenvalue weighted by atomic mass is 9.91. The summed E-state index contributed by atoms with van der Waals surface area (Å²) >= 11 is 0. The molecule has 0 spiro atoms. The van der Waals surface area contributed by atoms with Crippen LogP contribution in [0.15, 0.2) is 0 Å². The second-order valence-corrected chi connectivity index (χ2v) is 8.00. The van der Waals surface area contributed by atoms with E-state index in [-0.39, 0.29) is 0 Å². The van der Waals surface area contributed by atoms with Crippen molar-refractivity contribution in [2.75, 3.05) is 25.0 Å². The molecule has 2 rings (SSSR count). The van der Waals surface area contributed by atoms with Gasteiger partial charge in [0, 0.05) is 31.0 Å². The fourth-order valence-corrected chi connectivity index (χ4v) is 3.81. The van der Waals surface area contributed by atoms with Crippen molar-refractivity contribution in [2.24, 2.45) is 5.92 Å². The Hall–Kier alpha value is -1.16. The smallest absolute Gasteiger partial charge is 0.134 e. The van der Waals surface area contributed by atoms with Crippen LogP contribution >= 0.6 is 0 Å². The Labute approximate surface area is 161 Å². The van der Waals surface area contributed by atoms with E-state index in [1.165, 1.54) is 56.2 Å². The van der Waals surface area contributed by atoms with Crippen molar-refractivity contribution in [3.05, 3.63) is 17.1 Å². The number of anilines is 1. The second kappa shape index (κ2) is 11.5. The Bertz CT molecular complexity index is 529. The number of hydrogen-bond acceptors (Lipinski definition) is 4. The number of unbranched alkanes of at least 4 members (excludes halogenated alkanes) is 4. The minimum Gasteiger partial charge on any atom is -0.370 e. The van der Waals surface area contributed by atoms with E-state index in [0.29, 0.717) is 11.8 Å². The third kappa shape index (κ3) is 6.22. The monoisotopic (exact) mass is 360 g/mol. The summed E-state index contributed by atoms with van der Waals surface area (Å²) in [5.41, 5.74) is 2.62. The van der Waals surface area contributed by atoms with E-state index in [9.17, 15) is 0 Å². The molecule has 0 fully saturated rings. The molecular weight excluding hydrogens is 320 g/mol. The van der Waals surface area contributed by atoms with Gasteiger partial charge in [-0.25, -0.2) is 9.97 Å². The molecule has 2 N–H and O–H groups in total. The maximum atomic E-state index is 5.01. The quantitative estimate of drug-likeness (QED) is 0.540. The van der Waals surface area contributed by atoms with Gasteiger partial charge in [-0.2, -0.15) is 0 Å². The molecule has 0 radical (unpaired) electrons. The molecule has 0 bridgehead atoms. The molecule has 4 heteroatoms. The number of rotatable bonds is 11. The molecule has 0 amide bonds. The predicted molar refractivity (Wildman–Crippen MR) is 112 cm³/mol. The first-order valence-electron chi connectivity index (χ1n) is 11.0. The van der Waals surface area contributed by atoms with E-state index >= 15 is 0 Å². The summed E-state index contributed by atoms with van der Waals surface area (Å²) in [6.07, 6.45) is 11.1. The molecule has 0 saturated heterocycles. The average Bonchev–Trinajstić information content (AvgIpc) is 2.89. The predicted octanol–water partition coefficient (Wildman–Crippen LogP) is 5.09. The maximum Gasteiger partial charge on any atom is 0.134 e. The summed E-state index contributed by atoms with van der Waals surface area (Å²) in [6.45, 7) is 12.3. The summed E-state index contributed by atoms with van der Waals surface area (Å²) in [5, 5.41) is 7.17. The van der Waals surface area contributed by atoms with Gasteiger partial charge in [-0.15, -0.1) is 0 Å². The molecule has 1 unspecified atom stereocenters. The van der Waals surface area contributed by atoms with Gasteiger partial charge in [-0.1, -0.05) is 66.2 Å². The minimum atomic E-state index is 0.418. The average molecular weight is 361 g/mol. The molecule has 4 nitrogen and oxygen atoms in total. The van der Waals surface area contributed by atoms with E-state index in [2.05, 4.69) is 38.3 Å². The van der Waals surface area contributed by atoms with Gasteiger partial charge in [-0.05, 0) is 25.3 Å². The normalized spacial score (nSPS) is 16.6. The molecule has 0 saturated carbocycles. The van der Waals surface area contributed by atoms with Crippen LogP contribution < -0.4 is 10.6 Å². The van der Waals surface area contributed by atoms with Crippen molar-refractivity contribution in [3.8, 4) is 0 Å². The number of nitrogens with one attached hydrogen (secondary N) is 2. The molecule has 2 atom stereocenters. The summed E-state index contributed by atoms with van der Waals surface area (Å²) in [6, 6.07) is 0. The van der Waals surface area contributed by atoms with Crippen LogP contribution in [0.25, 0.3) is 0 Å². The molecular formula is C22H40N4. The summed E-state index contributed by atoms with van der Waals surface area (Å²) in [4.78, 5) is 10.0. The molecule has 148 valence electrons. The van der Waals surface area contributed by atoms with E-state index < -0.39 is 0 Å². The van der Waals surface area contributed by atoms with Gasteiger partial charge in [0.05, 0.1) is 5.69 Å². The summed E-state index contributed by atoms with van der Waals surface area (Å²) in [5.74, 6) is 3.20. The highest BCUT2D eigenvalue weighted by molar-refractivity contribution is 5.48. The van der Waals surface area contributed by atoms with Crippen LogP contribution in [0.4, 0.5) is 5.82 Å². The fourth-order valence-electron chi connectivity index (χ4n) is 3.81. The van der Waals surface area contributed by atoms with Gasteiger partial charge in [0.15, 0.2) is 0 Å². The van der Waals surface area contributed by atoms with Gasteiger partial charge >= 0.3 is 0 Å². The van der Waals surface area contributed by atoms with Crippen LogP contribution in [0.1, 0.15) is 95.6 Å². The van der Waals surface area contributed by atoms with Crippen LogP contribution in [0.2, 0.25) is 0 Å². The highest BCUT2D eigenvalue weighted by atomic mass is 15.0. The number of aromatic nitrogens is 2. The third-order valence-electron chi connectivity index (χ3n) is 5.78. The first kappa shape index (κ1) is 21.1. The molecule has 1 aliphatic rings. The van der Waals surface area contributed by atoms with Gasteiger partial charge in [0.1, 0.15) is 11.6 Å². The lowest BCUT2D eigenvalue weighted by Gasteiger charge is -2.21. The second-order valence-electron chi connectivity index (χ2n) is 8.00. The molecule has 1 aromatic rings. The van der Waals surface area contributed by atoms with Crippen LogP contribution in [-0.4, -0.2) is 29.6 Å². The lowest BCUT2D eigenvalue weighted by molar-refractivity contribution is 0.432. The highest BCUT2D eigenvalue weighted by Gasteiger charge is 2.22. The van der Waals surface area contributed by atoms with E-state index in [4.69, 9.17) is 9.97 Å². The van der Waals surface area contributed by atoms with Crippen LogP contribution in [0, 0.1) is 5.92 Å². The fraction of sp³-hybridized carbons (Fsp3) is 0.818. The SMILES string of the molecule is CCCCCCCNc1nc(C(C)[C@H](C)CCC)nc2c1CCNCC2. The Balaban J connectivity index is 2.11. The van der Waals surface area contributed by atoms with Gasteiger partial charge < -0.3 is 10.6 Å². The highest BCUT2D eigenvalue weighted by Crippen LogP contribution is 2.28. The Morgan fingerprint density at radius 3 is 2.50 bits per heavy atom. The molecule has 0 aromatic carbocycles. The molecule has 1 aromatic heterocycles. The standard InChI is InChI=1S/C22H40N4/c1-5-7-8-9-10-14-24-22-19-12-15-23-16-13-20(19)25-21(26-22)18(4)17(3)11-6-2/h17-18,23H,5-16H2,1-4H3,(H,24,25,26)/t17-,18?/m1/s1. The zero-order valence-electron chi connectivity index (χ0n) is 17.5. The van der Waals surface area contributed by atoms with E-state index in [0.717, 1.165) is 44.1 Å². The van der Waals surface area contributed by atoms with Gasteiger partial charge in [0.25, 0.3) is 0 Å². The largest absolute Gasteiger partial charge is 0.370 e. The van der Waals surface area contributed by atoms with Crippen molar-refractivity contribution < 1.29 is 0 Å². The Kier molecular flexibility index (Phi) is 9.38. The lowest BCUT2D eigenvalue weighted by Crippen LogP contribution is -2.17. The van der Waals surface area contributed by atoms with Crippen LogP contribution in [-0.2, 0) is 12.8 Å². The maximum absolute atomic E-state index is 5.01. The Morgan fingerprint density at radius 2 is 1.73 bits per heavy atom.